The summed E-state index contributed by atoms with van der Waals surface area (Å²) in [6, 6.07) is 3.70. The summed E-state index contributed by atoms with van der Waals surface area (Å²) < 4.78 is 1.34. The number of anilines is 2. The molecule has 0 saturated heterocycles. The lowest BCUT2D eigenvalue weighted by Crippen LogP contribution is -2.07. The third kappa shape index (κ3) is 2.90. The fraction of sp³-hybridized carbons (Fsp3) is 0.154. The molecule has 3 aromatic heterocycles. The summed E-state index contributed by atoms with van der Waals surface area (Å²) in [5, 5.41) is 22.7. The summed E-state index contributed by atoms with van der Waals surface area (Å²) in [5.41, 5.74) is 6.10. The maximum atomic E-state index is 9.22. The van der Waals surface area contributed by atoms with E-state index in [1.807, 2.05) is 25.1 Å². The van der Waals surface area contributed by atoms with Gasteiger partial charge in [-0.15, -0.1) is 10.2 Å². The Bertz CT molecular complexity index is 918. The van der Waals surface area contributed by atoms with Gasteiger partial charge in [-0.1, -0.05) is 11.3 Å². The minimum absolute atomic E-state index is 0.225. The van der Waals surface area contributed by atoms with Crippen molar-refractivity contribution in [2.75, 3.05) is 24.7 Å². The number of nitrogens with zero attached hydrogens (tertiary/aromatic N) is 9. The van der Waals surface area contributed by atoms with Gasteiger partial charge in [0, 0.05) is 26.5 Å². The van der Waals surface area contributed by atoms with Crippen LogP contribution in [0.4, 0.5) is 21.8 Å². The van der Waals surface area contributed by atoms with Gasteiger partial charge >= 0.3 is 0 Å². The van der Waals surface area contributed by atoms with Gasteiger partial charge < -0.3 is 10.6 Å². The zero-order valence-electron chi connectivity index (χ0n) is 12.8. The summed E-state index contributed by atoms with van der Waals surface area (Å²) in [7, 11) is 3.71. The van der Waals surface area contributed by atoms with Gasteiger partial charge in [0.25, 0.3) is 5.95 Å². The Morgan fingerprint density at radius 3 is 2.67 bits per heavy atom. The van der Waals surface area contributed by atoms with Gasteiger partial charge in [0.15, 0.2) is 21.8 Å². The Balaban J connectivity index is 2.01. The summed E-state index contributed by atoms with van der Waals surface area (Å²) in [6.07, 6.45) is 4.52. The predicted octanol–water partition coefficient (Wildman–Crippen LogP) is 2.05. The molecule has 24 heavy (non-hydrogen) atoms. The lowest BCUT2D eigenvalue weighted by atomic mass is 10.4. The molecule has 0 amide bonds. The van der Waals surface area contributed by atoms with Crippen LogP contribution < -0.4 is 10.6 Å². The number of nitriles is 1. The molecular formula is C13H12N10S. The van der Waals surface area contributed by atoms with Crippen LogP contribution in [0.2, 0.25) is 0 Å². The van der Waals surface area contributed by atoms with E-state index in [4.69, 9.17) is 5.73 Å². The Kier molecular flexibility index (Phi) is 4.13. The number of rotatable bonds is 4. The number of hydrogen-bond acceptors (Lipinski definition) is 10. The van der Waals surface area contributed by atoms with Gasteiger partial charge in [0.2, 0.25) is 0 Å². The molecule has 0 aromatic carbocycles. The standard InChI is InChI=1S/C13H12N10S/c1-22(2)13-19-9(15)11(24-13)21-20-10-8(6-14)7-18-23(10)12-16-4-3-5-17-12/h3-5,7H,15H2,1-2H3. The number of thiazole rings is 1. The highest BCUT2D eigenvalue weighted by Gasteiger charge is 2.15. The van der Waals surface area contributed by atoms with Crippen molar-refractivity contribution in [3.05, 3.63) is 30.2 Å². The molecular weight excluding hydrogens is 328 g/mol. The Morgan fingerprint density at radius 2 is 2.04 bits per heavy atom. The summed E-state index contributed by atoms with van der Waals surface area (Å²) in [4.78, 5) is 14.2. The van der Waals surface area contributed by atoms with Crippen LogP contribution in [0.15, 0.2) is 34.9 Å². The number of aromatic nitrogens is 5. The highest BCUT2D eigenvalue weighted by atomic mass is 32.1. The Morgan fingerprint density at radius 1 is 1.29 bits per heavy atom. The van der Waals surface area contributed by atoms with Gasteiger partial charge in [-0.05, 0) is 6.07 Å². The summed E-state index contributed by atoms with van der Waals surface area (Å²) >= 11 is 1.29. The van der Waals surface area contributed by atoms with Crippen molar-refractivity contribution in [3.8, 4) is 12.0 Å². The average molecular weight is 340 g/mol. The van der Waals surface area contributed by atoms with Crippen molar-refractivity contribution < 1.29 is 0 Å². The van der Waals surface area contributed by atoms with Crippen LogP contribution in [-0.2, 0) is 0 Å². The second kappa shape index (κ2) is 6.39. The van der Waals surface area contributed by atoms with Gasteiger partial charge in [-0.2, -0.15) is 15.0 Å². The molecule has 11 heteroatoms. The first kappa shape index (κ1) is 15.5. The first-order valence-electron chi connectivity index (χ1n) is 6.71. The molecule has 0 unspecified atom stereocenters. The van der Waals surface area contributed by atoms with Gasteiger partial charge in [-0.25, -0.2) is 15.0 Å². The first-order chi connectivity index (χ1) is 11.6. The molecule has 0 radical (unpaired) electrons. The summed E-state index contributed by atoms with van der Waals surface area (Å²) in [6.45, 7) is 0. The van der Waals surface area contributed by atoms with Crippen molar-refractivity contribution in [3.63, 3.8) is 0 Å². The monoisotopic (exact) mass is 340 g/mol. The van der Waals surface area contributed by atoms with Gasteiger partial charge in [-0.3, -0.25) is 0 Å². The quantitative estimate of drug-likeness (QED) is 0.718. The molecule has 0 atom stereocenters. The normalized spacial score (nSPS) is 10.9. The topological polar surface area (TPSA) is 134 Å². The minimum atomic E-state index is 0.225. The molecule has 120 valence electrons. The van der Waals surface area contributed by atoms with E-state index in [0.29, 0.717) is 16.1 Å². The maximum absolute atomic E-state index is 9.22. The number of azo groups is 1. The smallest absolute Gasteiger partial charge is 0.252 e. The van der Waals surface area contributed by atoms with Crippen LogP contribution in [0, 0.1) is 11.3 Å². The van der Waals surface area contributed by atoms with Crippen molar-refractivity contribution in [1.29, 1.82) is 5.26 Å². The second-order valence-electron chi connectivity index (χ2n) is 4.74. The Labute approximate surface area is 140 Å². The van der Waals surface area contributed by atoms with Crippen LogP contribution in [0.1, 0.15) is 5.56 Å². The SMILES string of the molecule is CN(C)c1nc(N)c(N=Nc2c(C#N)cnn2-c2ncccn2)s1. The number of nitrogens with two attached hydrogens (primary N) is 1. The third-order valence-corrected chi connectivity index (χ3v) is 3.97. The van der Waals surface area contributed by atoms with E-state index < -0.39 is 0 Å². The van der Waals surface area contributed by atoms with Crippen molar-refractivity contribution in [2.45, 2.75) is 0 Å². The van der Waals surface area contributed by atoms with E-state index in [-0.39, 0.29) is 17.2 Å². The lowest BCUT2D eigenvalue weighted by molar-refractivity contribution is 0.803. The molecule has 0 aliphatic heterocycles. The minimum Gasteiger partial charge on any atom is -0.381 e. The van der Waals surface area contributed by atoms with E-state index in [0.717, 1.165) is 0 Å². The third-order valence-electron chi connectivity index (χ3n) is 2.85. The molecule has 2 N–H and O–H groups in total. The van der Waals surface area contributed by atoms with Crippen LogP contribution in [0.3, 0.4) is 0 Å². The number of nitrogen functional groups attached to an aromatic ring is 1. The highest BCUT2D eigenvalue weighted by molar-refractivity contribution is 7.19. The van der Waals surface area contributed by atoms with Crippen LogP contribution in [-0.4, -0.2) is 38.8 Å². The average Bonchev–Trinajstić information content (AvgIpc) is 3.17. The molecule has 0 bridgehead atoms. The van der Waals surface area contributed by atoms with Crippen LogP contribution in [0.25, 0.3) is 5.95 Å². The van der Waals surface area contributed by atoms with Crippen LogP contribution in [0.5, 0.6) is 0 Å². The van der Waals surface area contributed by atoms with Crippen molar-refractivity contribution in [2.24, 2.45) is 10.2 Å². The van der Waals surface area contributed by atoms with Crippen molar-refractivity contribution in [1.82, 2.24) is 24.7 Å². The van der Waals surface area contributed by atoms with E-state index in [2.05, 4.69) is 30.3 Å². The Hall–Kier alpha value is -3.39. The fourth-order valence-electron chi connectivity index (χ4n) is 1.73. The zero-order valence-corrected chi connectivity index (χ0v) is 13.6. The van der Waals surface area contributed by atoms with E-state index in [9.17, 15) is 5.26 Å². The molecule has 3 rings (SSSR count). The van der Waals surface area contributed by atoms with E-state index in [1.165, 1.54) is 22.2 Å². The maximum Gasteiger partial charge on any atom is 0.252 e. The fourth-order valence-corrected chi connectivity index (χ4v) is 2.46. The first-order valence-corrected chi connectivity index (χ1v) is 7.52. The molecule has 3 heterocycles. The number of hydrogen-bond donors (Lipinski definition) is 1. The summed E-state index contributed by atoms with van der Waals surface area (Å²) in [5.74, 6) is 0.787. The molecule has 10 nitrogen and oxygen atoms in total. The van der Waals surface area contributed by atoms with E-state index >= 15 is 0 Å². The predicted molar refractivity (Wildman–Crippen MR) is 88.9 cm³/mol. The zero-order chi connectivity index (χ0) is 17.1. The molecule has 0 saturated carbocycles. The molecule has 0 aliphatic carbocycles. The largest absolute Gasteiger partial charge is 0.381 e. The molecule has 3 aromatic rings. The molecule has 0 aliphatic rings. The van der Waals surface area contributed by atoms with E-state index in [1.54, 1.807) is 18.5 Å². The molecule has 0 fully saturated rings. The van der Waals surface area contributed by atoms with Gasteiger partial charge in [0.05, 0.1) is 6.20 Å². The highest BCUT2D eigenvalue weighted by Crippen LogP contribution is 2.36. The van der Waals surface area contributed by atoms with Crippen molar-refractivity contribution >= 4 is 33.1 Å². The molecule has 0 spiro atoms. The van der Waals surface area contributed by atoms with Crippen LogP contribution >= 0.6 is 11.3 Å². The lowest BCUT2D eigenvalue weighted by Gasteiger charge is -2.04. The van der Waals surface area contributed by atoms with Gasteiger partial charge in [0.1, 0.15) is 11.6 Å². The second-order valence-corrected chi connectivity index (χ2v) is 5.69.